The number of hydrogen-bond acceptors (Lipinski definition) is 10. The van der Waals surface area contributed by atoms with Crippen molar-refractivity contribution in [3.63, 3.8) is 0 Å². The fourth-order valence-corrected chi connectivity index (χ4v) is 15.4. The second-order valence-electron chi connectivity index (χ2n) is 18.3. The summed E-state index contributed by atoms with van der Waals surface area (Å²) < 4.78 is 65.5. The maximum Gasteiger partial charge on any atom is 0.322 e. The minimum atomic E-state index is -4.24. The van der Waals surface area contributed by atoms with E-state index in [1.807, 2.05) is 60.7 Å². The number of aliphatic carboxylic acids is 1. The average Bonchev–Trinajstić information content (AvgIpc) is 3.93. The standard InChI is InChI=1S/C47H56N4O9S4Si/c1-47(2,3)65(6,7)60-31-32-16-20-37(21-17-32)49(5)44(52)30-48(4)45(53)42-26-38(28-50(42)63(56,57)40-22-18-33-12-8-10-14-35(33)24-40)61-62-39-27-43(46(54)55)51(29-39)64(58,59)41-23-19-34-13-9-11-15-36(34)25-41/h8-25,38-39,42-43H,26-31H2,1-7H3,(H,54,55)/t38-,39-,42+,43+/m1/s1. The van der Waals surface area contributed by atoms with Gasteiger partial charge in [-0.25, -0.2) is 16.8 Å². The third-order valence-electron chi connectivity index (χ3n) is 12.8. The molecular weight excluding hydrogens is 921 g/mol. The van der Waals surface area contributed by atoms with E-state index in [4.69, 9.17) is 4.43 Å². The summed E-state index contributed by atoms with van der Waals surface area (Å²) in [4.78, 5) is 43.3. The summed E-state index contributed by atoms with van der Waals surface area (Å²) in [5.41, 5.74) is 1.60. The maximum atomic E-state index is 14.5. The van der Waals surface area contributed by atoms with Crippen LogP contribution in [0.15, 0.2) is 119 Å². The van der Waals surface area contributed by atoms with Gasteiger partial charge in [-0.2, -0.15) is 8.61 Å². The molecule has 2 saturated heterocycles. The molecule has 2 amide bonds. The van der Waals surface area contributed by atoms with Gasteiger partial charge in [0.05, 0.1) is 22.9 Å². The van der Waals surface area contributed by atoms with Crippen LogP contribution in [0.25, 0.3) is 21.5 Å². The lowest BCUT2D eigenvalue weighted by Gasteiger charge is -2.36. The molecule has 0 unspecified atom stereocenters. The van der Waals surface area contributed by atoms with Gasteiger partial charge in [0.1, 0.15) is 12.1 Å². The molecule has 2 aliphatic rings. The second kappa shape index (κ2) is 19.1. The van der Waals surface area contributed by atoms with Crippen molar-refractivity contribution in [1.82, 2.24) is 13.5 Å². The van der Waals surface area contributed by atoms with E-state index in [0.717, 1.165) is 26.0 Å². The number of likely N-dealkylation sites (N-methyl/N-ethyl adjacent to an activating group) is 2. The first-order chi connectivity index (χ1) is 30.6. The van der Waals surface area contributed by atoms with Crippen LogP contribution in [-0.2, 0) is 45.5 Å². The topological polar surface area (TPSA) is 162 Å². The van der Waals surface area contributed by atoms with Crippen LogP contribution in [0.1, 0.15) is 39.2 Å². The van der Waals surface area contributed by atoms with Crippen molar-refractivity contribution in [3.8, 4) is 0 Å². The van der Waals surface area contributed by atoms with Crippen LogP contribution in [0.3, 0.4) is 0 Å². The van der Waals surface area contributed by atoms with E-state index in [1.54, 1.807) is 43.4 Å². The lowest BCUT2D eigenvalue weighted by Crippen LogP contribution is -2.49. The normalized spacial score (nSPS) is 20.0. The molecule has 5 aromatic carbocycles. The number of carboxylic acid groups (broad SMARTS) is 1. The van der Waals surface area contributed by atoms with Crippen LogP contribution >= 0.6 is 21.6 Å². The predicted molar refractivity (Wildman–Crippen MR) is 262 cm³/mol. The lowest BCUT2D eigenvalue weighted by molar-refractivity contribution is -0.140. The first-order valence-corrected chi connectivity index (χ1v) is 29.4. The van der Waals surface area contributed by atoms with Crippen molar-refractivity contribution in [3.05, 3.63) is 115 Å². The molecule has 13 nitrogen and oxygen atoms in total. The van der Waals surface area contributed by atoms with Crippen molar-refractivity contribution < 1.29 is 40.8 Å². The van der Waals surface area contributed by atoms with Crippen molar-refractivity contribution >= 4 is 95.0 Å². The fourth-order valence-electron chi connectivity index (χ4n) is 7.82. The van der Waals surface area contributed by atoms with E-state index in [1.165, 1.54) is 54.9 Å². The Morgan fingerprint density at radius 2 is 1.17 bits per heavy atom. The van der Waals surface area contributed by atoms with Crippen LogP contribution in [0, 0.1) is 0 Å². The van der Waals surface area contributed by atoms with Gasteiger partial charge in [0, 0.05) is 43.4 Å². The van der Waals surface area contributed by atoms with Crippen LogP contribution in [0.4, 0.5) is 5.69 Å². The number of carboxylic acids is 1. The Labute approximate surface area is 391 Å². The molecule has 7 rings (SSSR count). The van der Waals surface area contributed by atoms with E-state index < -0.39 is 62.8 Å². The van der Waals surface area contributed by atoms with E-state index in [9.17, 15) is 36.3 Å². The summed E-state index contributed by atoms with van der Waals surface area (Å²) >= 11 is 0. The molecule has 0 bridgehead atoms. The Morgan fingerprint density at radius 3 is 1.65 bits per heavy atom. The number of benzene rings is 5. The number of rotatable bonds is 15. The Morgan fingerprint density at radius 1 is 0.708 bits per heavy atom. The molecule has 0 aliphatic carbocycles. The highest BCUT2D eigenvalue weighted by Gasteiger charge is 2.48. The molecule has 0 radical (unpaired) electrons. The summed E-state index contributed by atoms with van der Waals surface area (Å²) in [7, 11) is -4.65. The fraction of sp³-hybridized carbons (Fsp3) is 0.383. The average molecular weight is 977 g/mol. The van der Waals surface area contributed by atoms with Gasteiger partial charge in [-0.1, -0.05) is 115 Å². The van der Waals surface area contributed by atoms with Crippen LogP contribution in [0.2, 0.25) is 18.1 Å². The van der Waals surface area contributed by atoms with Crippen LogP contribution in [0.5, 0.6) is 0 Å². The molecule has 18 heteroatoms. The molecule has 1 N–H and O–H groups in total. The Bertz CT molecular complexity index is 2820. The number of sulfonamides is 2. The minimum Gasteiger partial charge on any atom is -0.480 e. The van der Waals surface area contributed by atoms with Gasteiger partial charge in [0.2, 0.25) is 31.9 Å². The van der Waals surface area contributed by atoms with Crippen LogP contribution in [-0.4, -0.2) is 118 Å². The summed E-state index contributed by atoms with van der Waals surface area (Å²) in [5.74, 6) is -2.16. The van der Waals surface area contributed by atoms with E-state index in [-0.39, 0.29) is 53.2 Å². The van der Waals surface area contributed by atoms with Gasteiger partial charge in [0.15, 0.2) is 8.32 Å². The molecule has 2 fully saturated rings. The Hall–Kier alpha value is -4.27. The monoisotopic (exact) mass is 976 g/mol. The second-order valence-corrected chi connectivity index (χ2v) is 29.8. The zero-order chi connectivity index (χ0) is 47.1. The first-order valence-electron chi connectivity index (χ1n) is 21.4. The van der Waals surface area contributed by atoms with Crippen LogP contribution < -0.4 is 4.90 Å². The third-order valence-corrected chi connectivity index (χ3v) is 24.4. The predicted octanol–water partition coefficient (Wildman–Crippen LogP) is 8.07. The number of anilines is 1. The quantitative estimate of drug-likeness (QED) is 0.0798. The number of carbonyl (C=O) groups is 3. The molecular formula is C47H56N4O9S4Si. The van der Waals surface area contributed by atoms with Gasteiger partial charge in [0.25, 0.3) is 0 Å². The third kappa shape index (κ3) is 10.5. The first kappa shape index (κ1) is 48.7. The molecule has 4 atom stereocenters. The summed E-state index contributed by atoms with van der Waals surface area (Å²) in [5, 5.41) is 12.5. The van der Waals surface area contributed by atoms with E-state index >= 15 is 0 Å². The smallest absolute Gasteiger partial charge is 0.322 e. The van der Waals surface area contributed by atoms with Gasteiger partial charge in [-0.05, 0) is 94.5 Å². The molecule has 2 heterocycles. The van der Waals surface area contributed by atoms with Crippen molar-refractivity contribution in [2.24, 2.45) is 0 Å². The number of hydrogen-bond donors (Lipinski definition) is 1. The highest BCUT2D eigenvalue weighted by atomic mass is 33.1. The molecule has 346 valence electrons. The largest absolute Gasteiger partial charge is 0.480 e. The SMILES string of the molecule is CN(CC(=O)N(C)c1ccc(CO[Si](C)(C)C(C)(C)C)cc1)C(=O)[C@@H]1C[C@@H](SS[C@@H]2C[C@@H](C(=O)O)N(S(=O)(=O)c3ccc4ccccc4c3)C2)CN1S(=O)(=O)c1ccc2ccccc2c1. The Balaban J connectivity index is 1.06. The summed E-state index contributed by atoms with van der Waals surface area (Å²) in [6.07, 6.45) is 0.157. The van der Waals surface area contributed by atoms with Crippen molar-refractivity contribution in [2.45, 2.75) is 90.7 Å². The zero-order valence-electron chi connectivity index (χ0n) is 37.6. The molecule has 0 spiro atoms. The van der Waals surface area contributed by atoms with Crippen molar-refractivity contribution in [1.29, 1.82) is 0 Å². The lowest BCUT2D eigenvalue weighted by atomic mass is 10.1. The number of fused-ring (bicyclic) bond motifs is 2. The highest BCUT2D eigenvalue weighted by Crippen LogP contribution is 2.44. The molecule has 0 saturated carbocycles. The zero-order valence-corrected chi connectivity index (χ0v) is 41.8. The van der Waals surface area contributed by atoms with E-state index in [0.29, 0.717) is 17.7 Å². The number of carbonyl (C=O) groups excluding carboxylic acids is 2. The Kier molecular flexibility index (Phi) is 14.3. The van der Waals surface area contributed by atoms with Gasteiger partial charge in [-0.15, -0.1) is 0 Å². The maximum absolute atomic E-state index is 14.5. The summed E-state index contributed by atoms with van der Waals surface area (Å²) in [6.45, 7) is 11.0. The summed E-state index contributed by atoms with van der Waals surface area (Å²) in [6, 6.07) is 29.3. The molecule has 5 aromatic rings. The molecule has 0 aromatic heterocycles. The highest BCUT2D eigenvalue weighted by molar-refractivity contribution is 8.77. The van der Waals surface area contributed by atoms with Gasteiger partial charge < -0.3 is 19.3 Å². The number of nitrogens with zero attached hydrogens (tertiary/aromatic N) is 4. The molecule has 2 aliphatic heterocycles. The number of amides is 2. The van der Waals surface area contributed by atoms with Gasteiger partial charge >= 0.3 is 5.97 Å². The van der Waals surface area contributed by atoms with E-state index in [2.05, 4.69) is 33.9 Å². The molecule has 65 heavy (non-hydrogen) atoms. The van der Waals surface area contributed by atoms with Gasteiger partial charge in [-0.3, -0.25) is 14.4 Å². The minimum absolute atomic E-state index is 0.00162. The van der Waals surface area contributed by atoms with Crippen molar-refractivity contribution in [2.75, 3.05) is 38.6 Å².